The van der Waals surface area contributed by atoms with Gasteiger partial charge in [-0.3, -0.25) is 9.59 Å². The van der Waals surface area contributed by atoms with Gasteiger partial charge in [-0.15, -0.1) is 0 Å². The lowest BCUT2D eigenvalue weighted by Gasteiger charge is -2.22. The van der Waals surface area contributed by atoms with Gasteiger partial charge in [-0.05, 0) is 79.1 Å². The normalized spacial score (nSPS) is 12.2. The van der Waals surface area contributed by atoms with Crippen molar-refractivity contribution in [3.8, 4) is 28.3 Å². The fraction of sp³-hybridized carbons (Fsp3) is 0.405. The van der Waals surface area contributed by atoms with E-state index in [-0.39, 0.29) is 12.8 Å². The third-order valence-electron chi connectivity index (χ3n) is 9.03. The Hall–Kier alpha value is -5.09. The minimum absolute atomic E-state index is 0.148. The van der Waals surface area contributed by atoms with Gasteiger partial charge in [-0.2, -0.15) is 0 Å². The summed E-state index contributed by atoms with van der Waals surface area (Å²) < 4.78 is 5.89. The molecule has 4 aromatic rings. The summed E-state index contributed by atoms with van der Waals surface area (Å²) in [4.78, 5) is 47.9. The van der Waals surface area contributed by atoms with Gasteiger partial charge >= 0.3 is 5.97 Å². The van der Waals surface area contributed by atoms with Crippen LogP contribution in [-0.4, -0.2) is 58.1 Å². The number of rotatable bonds is 21. The molecule has 0 spiro atoms. The summed E-state index contributed by atoms with van der Waals surface area (Å²) in [5.41, 5.74) is 10.5. The molecule has 1 aromatic heterocycles. The number of carbonyl (C=O) groups excluding carboxylic acids is 2. The average Bonchev–Trinajstić information content (AvgIpc) is 3.16. The van der Waals surface area contributed by atoms with E-state index in [1.165, 1.54) is 25.7 Å². The molecule has 0 fully saturated rings. The summed E-state index contributed by atoms with van der Waals surface area (Å²) >= 11 is 0. The molecule has 0 bridgehead atoms. The maximum Gasteiger partial charge on any atom is 0.326 e. The molecule has 4 rings (SSSR count). The molecule has 5 N–H and O–H groups in total. The van der Waals surface area contributed by atoms with Crippen molar-refractivity contribution in [2.24, 2.45) is 5.73 Å². The SMILES string of the molecule is CCCCCCCOc1ccc(-c2cnc(-c3ccc(C[C@H](NC(=O)c4ccc(C(C)C)cc4)C(=O)N[C@H](CCCCN)C(=O)O)cc3)nc2)cc1. The van der Waals surface area contributed by atoms with Gasteiger partial charge in [0.15, 0.2) is 5.82 Å². The summed E-state index contributed by atoms with van der Waals surface area (Å²) in [5.74, 6) is -0.424. The standard InChI is InChI=1S/C42H53N5O5/c1-4-5-6-7-10-25-52-36-22-20-32(21-23-36)35-27-44-39(45-28-35)33-14-12-30(13-15-33)26-38(41(49)46-37(42(50)51)11-8-9-24-43)47-40(48)34-18-16-31(17-19-34)29(2)3/h12-23,27-29,37-38H,4-11,24-26,43H2,1-3H3,(H,46,49)(H,47,48)(H,50,51)/t37-,38+/m1/s1. The molecule has 1 heterocycles. The lowest BCUT2D eigenvalue weighted by molar-refractivity contribution is -0.142. The second-order valence-corrected chi connectivity index (χ2v) is 13.5. The number of benzene rings is 3. The first-order chi connectivity index (χ1) is 25.2. The van der Waals surface area contributed by atoms with Crippen molar-refractivity contribution in [2.45, 2.75) is 96.6 Å². The van der Waals surface area contributed by atoms with E-state index in [0.29, 0.717) is 36.7 Å². The maximum atomic E-state index is 13.5. The van der Waals surface area contributed by atoms with Gasteiger partial charge in [-0.25, -0.2) is 14.8 Å². The largest absolute Gasteiger partial charge is 0.494 e. The molecule has 0 saturated heterocycles. The predicted molar refractivity (Wildman–Crippen MR) is 205 cm³/mol. The topological polar surface area (TPSA) is 157 Å². The zero-order valence-corrected chi connectivity index (χ0v) is 30.6. The predicted octanol–water partition coefficient (Wildman–Crippen LogP) is 7.32. The first kappa shape index (κ1) is 39.7. The first-order valence-corrected chi connectivity index (χ1v) is 18.5. The van der Waals surface area contributed by atoms with Crippen LogP contribution in [0.2, 0.25) is 0 Å². The minimum Gasteiger partial charge on any atom is -0.494 e. The second-order valence-electron chi connectivity index (χ2n) is 13.5. The van der Waals surface area contributed by atoms with Gasteiger partial charge in [0.05, 0.1) is 6.61 Å². The Morgan fingerprint density at radius 1 is 0.750 bits per heavy atom. The van der Waals surface area contributed by atoms with E-state index >= 15 is 0 Å². The second kappa shape index (κ2) is 20.7. The van der Waals surface area contributed by atoms with E-state index in [1.54, 1.807) is 24.5 Å². The van der Waals surface area contributed by atoms with E-state index < -0.39 is 29.9 Å². The minimum atomic E-state index is -1.13. The Morgan fingerprint density at radius 3 is 2.02 bits per heavy atom. The molecule has 0 unspecified atom stereocenters. The first-order valence-electron chi connectivity index (χ1n) is 18.5. The van der Waals surface area contributed by atoms with Crippen molar-refractivity contribution in [1.29, 1.82) is 0 Å². The number of nitrogens with one attached hydrogen (secondary N) is 2. The van der Waals surface area contributed by atoms with E-state index in [9.17, 15) is 19.5 Å². The summed E-state index contributed by atoms with van der Waals surface area (Å²) in [6, 6.07) is 20.5. The highest BCUT2D eigenvalue weighted by atomic mass is 16.5. The molecule has 0 aliphatic rings. The molecular weight excluding hydrogens is 654 g/mol. The van der Waals surface area contributed by atoms with Gasteiger partial charge in [0.1, 0.15) is 17.8 Å². The van der Waals surface area contributed by atoms with Crippen LogP contribution in [0.3, 0.4) is 0 Å². The van der Waals surface area contributed by atoms with Crippen LogP contribution >= 0.6 is 0 Å². The number of ether oxygens (including phenoxy) is 1. The molecule has 2 atom stereocenters. The van der Waals surface area contributed by atoms with E-state index in [4.69, 9.17) is 10.5 Å². The van der Waals surface area contributed by atoms with E-state index in [2.05, 4.69) is 41.4 Å². The Kier molecular flexibility index (Phi) is 15.8. The number of carboxylic acids is 1. The molecule has 0 radical (unpaired) electrons. The Bertz CT molecular complexity index is 1690. The number of carboxylic acid groups (broad SMARTS) is 1. The number of nitrogens with zero attached hydrogens (tertiary/aromatic N) is 2. The van der Waals surface area contributed by atoms with Gasteiger partial charge < -0.3 is 26.2 Å². The molecule has 10 nitrogen and oxygen atoms in total. The smallest absolute Gasteiger partial charge is 0.326 e. The molecule has 0 aliphatic heterocycles. The molecule has 2 amide bonds. The number of amides is 2. The number of hydrogen-bond acceptors (Lipinski definition) is 7. The summed E-state index contributed by atoms with van der Waals surface area (Å²) in [6.45, 7) is 7.50. The van der Waals surface area contributed by atoms with Crippen LogP contribution in [0, 0.1) is 0 Å². The Labute approximate surface area is 307 Å². The number of aliphatic carboxylic acids is 1. The quantitative estimate of drug-likeness (QED) is 0.0657. The van der Waals surface area contributed by atoms with Crippen LogP contribution in [0.4, 0.5) is 0 Å². The highest BCUT2D eigenvalue weighted by Crippen LogP contribution is 2.24. The Balaban J connectivity index is 1.42. The van der Waals surface area contributed by atoms with Gasteiger partial charge in [0.25, 0.3) is 5.91 Å². The highest BCUT2D eigenvalue weighted by molar-refractivity contribution is 5.98. The lowest BCUT2D eigenvalue weighted by atomic mass is 10.0. The number of aromatic nitrogens is 2. The number of hydrogen-bond donors (Lipinski definition) is 4. The summed E-state index contributed by atoms with van der Waals surface area (Å²) in [6.07, 6.45) is 11.2. The highest BCUT2D eigenvalue weighted by Gasteiger charge is 2.27. The molecule has 10 heteroatoms. The van der Waals surface area contributed by atoms with Gasteiger partial charge in [0.2, 0.25) is 5.91 Å². The average molecular weight is 708 g/mol. The van der Waals surface area contributed by atoms with Crippen LogP contribution < -0.4 is 21.1 Å². The number of carbonyl (C=O) groups is 3. The van der Waals surface area contributed by atoms with Crippen LogP contribution in [0.15, 0.2) is 85.2 Å². The lowest BCUT2D eigenvalue weighted by Crippen LogP contribution is -2.52. The summed E-state index contributed by atoms with van der Waals surface area (Å²) in [5, 5.41) is 15.2. The zero-order valence-electron chi connectivity index (χ0n) is 30.6. The van der Waals surface area contributed by atoms with Crippen molar-refractivity contribution in [2.75, 3.05) is 13.2 Å². The molecule has 0 aliphatic carbocycles. The third kappa shape index (κ3) is 12.3. The van der Waals surface area contributed by atoms with Gasteiger partial charge in [0, 0.05) is 35.5 Å². The van der Waals surface area contributed by atoms with Crippen LogP contribution in [0.1, 0.15) is 99.5 Å². The zero-order chi connectivity index (χ0) is 37.3. The van der Waals surface area contributed by atoms with Crippen molar-refractivity contribution in [3.05, 3.63) is 102 Å². The molecule has 0 saturated carbocycles. The molecule has 52 heavy (non-hydrogen) atoms. The monoisotopic (exact) mass is 707 g/mol. The fourth-order valence-corrected chi connectivity index (χ4v) is 5.78. The van der Waals surface area contributed by atoms with Crippen molar-refractivity contribution >= 4 is 17.8 Å². The maximum absolute atomic E-state index is 13.5. The molecule has 3 aromatic carbocycles. The molecule has 276 valence electrons. The van der Waals surface area contributed by atoms with Crippen molar-refractivity contribution in [3.63, 3.8) is 0 Å². The van der Waals surface area contributed by atoms with Gasteiger partial charge in [-0.1, -0.05) is 95.0 Å². The van der Waals surface area contributed by atoms with Crippen molar-refractivity contribution < 1.29 is 24.2 Å². The molecular formula is C42H53N5O5. The number of unbranched alkanes of at least 4 members (excludes halogenated alkanes) is 5. The van der Waals surface area contributed by atoms with Crippen LogP contribution in [0.5, 0.6) is 5.75 Å². The summed E-state index contributed by atoms with van der Waals surface area (Å²) in [7, 11) is 0. The van der Waals surface area contributed by atoms with Crippen LogP contribution in [0.25, 0.3) is 22.5 Å². The van der Waals surface area contributed by atoms with E-state index in [0.717, 1.165) is 46.6 Å². The third-order valence-corrected chi connectivity index (χ3v) is 9.03. The van der Waals surface area contributed by atoms with Crippen LogP contribution in [-0.2, 0) is 16.0 Å². The van der Waals surface area contributed by atoms with E-state index in [1.807, 2.05) is 60.7 Å². The fourth-order valence-electron chi connectivity index (χ4n) is 5.78. The van der Waals surface area contributed by atoms with Crippen molar-refractivity contribution in [1.82, 2.24) is 20.6 Å². The number of nitrogens with two attached hydrogens (primary N) is 1. The Morgan fingerprint density at radius 2 is 1.40 bits per heavy atom.